The maximum absolute atomic E-state index is 12.2. The number of methoxy groups -OCH3 is 1. The molecule has 3 aromatic rings. The Labute approximate surface area is 218 Å². The first-order valence-electron chi connectivity index (χ1n) is 11.9. The fraction of sp³-hybridized carbons (Fsp3) is 0.391. The van der Waals surface area contributed by atoms with Crippen molar-refractivity contribution in [1.82, 2.24) is 24.6 Å². The first-order valence-corrected chi connectivity index (χ1v) is 13.7. The molecule has 1 aliphatic carbocycles. The summed E-state index contributed by atoms with van der Waals surface area (Å²) >= 11 is 0. The number of nitrogens with zero attached hydrogens (tertiary/aromatic N) is 5. The number of hydrogen-bond donors (Lipinski definition) is 3. The number of aromatic nitrogens is 4. The molecule has 200 valence electrons. The van der Waals surface area contributed by atoms with Crippen LogP contribution in [0.5, 0.6) is 5.75 Å². The molecule has 3 heterocycles. The zero-order valence-corrected chi connectivity index (χ0v) is 21.5. The summed E-state index contributed by atoms with van der Waals surface area (Å²) in [5, 5.41) is 17.6. The quantitative estimate of drug-likeness (QED) is 0.357. The fourth-order valence-corrected chi connectivity index (χ4v) is 5.46. The van der Waals surface area contributed by atoms with Crippen LogP contribution in [0.2, 0.25) is 0 Å². The Balaban J connectivity index is 1.46. The molecule has 2 aliphatic rings. The third-order valence-electron chi connectivity index (χ3n) is 6.31. The van der Waals surface area contributed by atoms with Crippen molar-refractivity contribution in [2.24, 2.45) is 11.7 Å². The average Bonchev–Trinajstić information content (AvgIpc) is 3.39. The monoisotopic (exact) mass is 542 g/mol. The van der Waals surface area contributed by atoms with Gasteiger partial charge in [0, 0.05) is 18.5 Å². The van der Waals surface area contributed by atoms with E-state index in [4.69, 9.17) is 15.0 Å². The molecule has 2 amide bonds. The molecule has 1 aromatic carbocycles. The lowest BCUT2D eigenvalue weighted by Crippen LogP contribution is -2.29. The molecule has 15 heteroatoms. The van der Waals surface area contributed by atoms with Crippen LogP contribution in [-0.2, 0) is 14.8 Å². The van der Waals surface area contributed by atoms with Gasteiger partial charge in [-0.15, -0.1) is 10.2 Å². The Hall–Kier alpha value is -4.11. The zero-order chi connectivity index (χ0) is 27.0. The number of rotatable bonds is 9. The number of para-hydroxylation sites is 1. The summed E-state index contributed by atoms with van der Waals surface area (Å²) < 4.78 is 36.7. The summed E-state index contributed by atoms with van der Waals surface area (Å²) in [7, 11) is -1.98. The third-order valence-corrected chi connectivity index (χ3v) is 7.60. The van der Waals surface area contributed by atoms with Crippen molar-refractivity contribution in [3.8, 4) is 17.1 Å². The van der Waals surface area contributed by atoms with E-state index in [0.717, 1.165) is 19.1 Å². The Morgan fingerprint density at radius 1 is 1.18 bits per heavy atom. The molecule has 1 unspecified atom stereocenters. The molecule has 38 heavy (non-hydrogen) atoms. The molecule has 0 spiro atoms. The van der Waals surface area contributed by atoms with Gasteiger partial charge in [0.05, 0.1) is 30.3 Å². The topological polar surface area (TPSA) is 196 Å². The zero-order valence-electron chi connectivity index (χ0n) is 20.7. The molecule has 5 rings (SSSR count). The predicted molar refractivity (Wildman–Crippen MR) is 135 cm³/mol. The van der Waals surface area contributed by atoms with Crippen molar-refractivity contribution in [2.45, 2.75) is 31.7 Å². The van der Waals surface area contributed by atoms with Gasteiger partial charge >= 0.3 is 0 Å². The molecule has 1 aliphatic heterocycles. The fourth-order valence-electron chi connectivity index (χ4n) is 4.34. The molecule has 1 saturated heterocycles. The predicted octanol–water partition coefficient (Wildman–Crippen LogP) is 1.82. The van der Waals surface area contributed by atoms with Gasteiger partial charge in [0.1, 0.15) is 6.04 Å². The number of carbonyl (C=O) groups excluding carboxylic acids is 2. The van der Waals surface area contributed by atoms with Gasteiger partial charge < -0.3 is 25.6 Å². The van der Waals surface area contributed by atoms with Crippen LogP contribution in [0, 0.1) is 5.92 Å². The van der Waals surface area contributed by atoms with Crippen LogP contribution in [-0.4, -0.2) is 64.8 Å². The minimum atomic E-state index is -3.44. The van der Waals surface area contributed by atoms with Gasteiger partial charge in [0.25, 0.3) is 5.91 Å². The molecule has 1 atom stereocenters. The molecule has 0 radical (unpaired) electrons. The number of hydrogen-bond acceptors (Lipinski definition) is 11. The average molecular weight is 543 g/mol. The number of nitrogens with one attached hydrogen (secondary N) is 2. The van der Waals surface area contributed by atoms with Crippen LogP contribution in [0.3, 0.4) is 0 Å². The van der Waals surface area contributed by atoms with E-state index in [1.54, 1.807) is 18.2 Å². The first-order chi connectivity index (χ1) is 18.2. The van der Waals surface area contributed by atoms with Crippen LogP contribution < -0.4 is 21.1 Å². The highest BCUT2D eigenvalue weighted by Gasteiger charge is 2.36. The van der Waals surface area contributed by atoms with Crippen LogP contribution in [0.25, 0.3) is 11.4 Å². The van der Waals surface area contributed by atoms with Gasteiger partial charge in [-0.2, -0.15) is 9.29 Å². The van der Waals surface area contributed by atoms with Crippen molar-refractivity contribution in [2.75, 3.05) is 30.5 Å². The molecular weight excluding hydrogens is 516 g/mol. The summed E-state index contributed by atoms with van der Waals surface area (Å²) in [5.74, 6) is -0.156. The molecule has 14 nitrogen and oxygen atoms in total. The second-order valence-corrected chi connectivity index (χ2v) is 11.1. The van der Waals surface area contributed by atoms with E-state index in [0.29, 0.717) is 36.4 Å². The molecule has 4 N–H and O–H groups in total. The summed E-state index contributed by atoms with van der Waals surface area (Å²) in [4.78, 5) is 28.6. The molecule has 0 bridgehead atoms. The first kappa shape index (κ1) is 25.5. The summed E-state index contributed by atoms with van der Waals surface area (Å²) in [6.07, 6.45) is 4.04. The molecule has 1 saturated carbocycles. The summed E-state index contributed by atoms with van der Waals surface area (Å²) in [6.45, 7) is 0.384. The van der Waals surface area contributed by atoms with Crippen LogP contribution in [0.4, 0.5) is 17.2 Å². The summed E-state index contributed by atoms with van der Waals surface area (Å²) in [5.41, 5.74) is 6.45. The van der Waals surface area contributed by atoms with Crippen molar-refractivity contribution in [3.63, 3.8) is 0 Å². The smallest absolute Gasteiger partial charge is 0.271 e. The number of ether oxygens (including phenoxy) is 1. The highest BCUT2D eigenvalue weighted by atomic mass is 32.2. The maximum Gasteiger partial charge on any atom is 0.271 e. The van der Waals surface area contributed by atoms with Crippen molar-refractivity contribution in [1.29, 1.82) is 0 Å². The van der Waals surface area contributed by atoms with E-state index in [9.17, 15) is 18.0 Å². The van der Waals surface area contributed by atoms with Gasteiger partial charge in [-0.3, -0.25) is 9.59 Å². The van der Waals surface area contributed by atoms with Crippen LogP contribution in [0.1, 0.15) is 48.1 Å². The van der Waals surface area contributed by atoms with Crippen molar-refractivity contribution in [3.05, 3.63) is 35.9 Å². The lowest BCUT2D eigenvalue weighted by molar-refractivity contribution is -0.117. The number of nitrogens with two attached hydrogens (primary N) is 1. The SMILES string of the molecule is COc1c(Nc2cc(NC(=O)C3CC3)nnc2C(N)=O)cccc1-c1noc(C2CCCN2S(C)(=O)=O)n1. The highest BCUT2D eigenvalue weighted by molar-refractivity contribution is 7.88. The van der Waals surface area contributed by atoms with Crippen LogP contribution in [0.15, 0.2) is 28.8 Å². The largest absolute Gasteiger partial charge is 0.494 e. The standard InChI is InChI=1S/C23H26N8O6S/c1-36-19-13(21-27-23(37-30-21)16-7-4-10-31(16)38(2,34)35)5-3-6-14(19)25-15-11-17(26-22(33)12-8-9-12)28-29-18(15)20(24)32/h3,5-6,11-12,16H,4,7-10H2,1-2H3,(H2,24,32)(H2,25,26,28,33). The van der Waals surface area contributed by atoms with E-state index in [-0.39, 0.29) is 40.7 Å². The number of anilines is 3. The van der Waals surface area contributed by atoms with Crippen molar-refractivity contribution >= 4 is 39.0 Å². The van der Waals surface area contributed by atoms with Gasteiger partial charge in [-0.1, -0.05) is 11.2 Å². The lowest BCUT2D eigenvalue weighted by Gasteiger charge is -2.18. The van der Waals surface area contributed by atoms with Crippen molar-refractivity contribution < 1.29 is 27.3 Å². The van der Waals surface area contributed by atoms with Crippen LogP contribution >= 0.6 is 0 Å². The number of primary amides is 1. The van der Waals surface area contributed by atoms with Gasteiger partial charge in [-0.05, 0) is 37.8 Å². The lowest BCUT2D eigenvalue weighted by atomic mass is 10.1. The summed E-state index contributed by atoms with van der Waals surface area (Å²) in [6, 6.07) is 6.04. The van der Waals surface area contributed by atoms with Gasteiger partial charge in [-0.25, -0.2) is 8.42 Å². The van der Waals surface area contributed by atoms with E-state index in [1.807, 2.05) is 0 Å². The van der Waals surface area contributed by atoms with Gasteiger partial charge in [0.2, 0.25) is 27.6 Å². The Morgan fingerprint density at radius 3 is 2.66 bits per heavy atom. The second kappa shape index (κ2) is 9.98. The Kier molecular flexibility index (Phi) is 6.71. The Morgan fingerprint density at radius 2 is 1.97 bits per heavy atom. The van der Waals surface area contributed by atoms with E-state index < -0.39 is 22.0 Å². The molecular formula is C23H26N8O6S. The van der Waals surface area contributed by atoms with E-state index >= 15 is 0 Å². The highest BCUT2D eigenvalue weighted by Crippen LogP contribution is 2.39. The number of amides is 2. The molecule has 2 aromatic heterocycles. The maximum atomic E-state index is 12.2. The molecule has 2 fully saturated rings. The normalized spacial score (nSPS) is 17.8. The number of benzene rings is 1. The third kappa shape index (κ3) is 5.15. The minimum absolute atomic E-state index is 0.0469. The van der Waals surface area contributed by atoms with E-state index in [2.05, 4.69) is 31.0 Å². The second-order valence-electron chi connectivity index (χ2n) is 9.12. The minimum Gasteiger partial charge on any atom is -0.494 e. The number of sulfonamides is 1. The van der Waals surface area contributed by atoms with Gasteiger partial charge in [0.15, 0.2) is 17.3 Å². The number of carbonyl (C=O) groups is 2. The van der Waals surface area contributed by atoms with E-state index in [1.165, 1.54) is 17.5 Å². The Bertz CT molecular complexity index is 1500.